The van der Waals surface area contributed by atoms with E-state index in [1.54, 1.807) is 0 Å². The lowest BCUT2D eigenvalue weighted by Crippen LogP contribution is -2.33. The van der Waals surface area contributed by atoms with Crippen LogP contribution in [0.2, 0.25) is 0 Å². The van der Waals surface area contributed by atoms with Crippen LogP contribution in [0.25, 0.3) is 0 Å². The van der Waals surface area contributed by atoms with Crippen molar-refractivity contribution in [3.8, 4) is 0 Å². The van der Waals surface area contributed by atoms with Crippen LogP contribution in [0.15, 0.2) is 0 Å². The van der Waals surface area contributed by atoms with Crippen LogP contribution in [-0.2, 0) is 4.79 Å². The lowest BCUT2D eigenvalue weighted by molar-refractivity contribution is -0.119. The normalized spacial score (nSPS) is 13.7. The second kappa shape index (κ2) is 4.33. The summed E-state index contributed by atoms with van der Waals surface area (Å²) in [5.41, 5.74) is 0. The molecule has 0 aromatic carbocycles. The quantitative estimate of drug-likeness (QED) is 0.644. The maximum Gasteiger partial charge on any atom is 0.240 e. The Labute approximate surface area is 58.6 Å². The van der Waals surface area contributed by atoms with Crippen LogP contribution < -0.4 is 5.32 Å². The van der Waals surface area contributed by atoms with Crippen LogP contribution in [0.4, 0.5) is 8.78 Å². The van der Waals surface area contributed by atoms with Crippen LogP contribution in [0.1, 0.15) is 13.3 Å². The van der Waals surface area contributed by atoms with Crippen molar-refractivity contribution < 1.29 is 13.6 Å². The van der Waals surface area contributed by atoms with Gasteiger partial charge in [0.05, 0.1) is 6.04 Å². The molecule has 0 aliphatic carbocycles. The molecule has 0 saturated heterocycles. The zero-order chi connectivity index (χ0) is 8.15. The lowest BCUT2D eigenvalue weighted by atomic mass is 10.1. The van der Waals surface area contributed by atoms with Gasteiger partial charge in [0.1, 0.15) is 5.78 Å². The predicted molar refractivity (Wildman–Crippen MR) is 34.1 cm³/mol. The highest BCUT2D eigenvalue weighted by molar-refractivity contribution is 5.81. The summed E-state index contributed by atoms with van der Waals surface area (Å²) in [6.45, 7) is 1.30. The van der Waals surface area contributed by atoms with Crippen molar-refractivity contribution >= 4 is 5.78 Å². The van der Waals surface area contributed by atoms with Crippen LogP contribution in [-0.4, -0.2) is 25.3 Å². The molecule has 0 heterocycles. The second-order valence-electron chi connectivity index (χ2n) is 2.08. The van der Waals surface area contributed by atoms with Crippen LogP contribution in [0.3, 0.4) is 0 Å². The van der Waals surface area contributed by atoms with E-state index in [2.05, 4.69) is 5.32 Å². The molecule has 0 amide bonds. The van der Waals surface area contributed by atoms with Crippen molar-refractivity contribution in [1.82, 2.24) is 5.32 Å². The first-order valence-corrected chi connectivity index (χ1v) is 3.03. The summed E-state index contributed by atoms with van der Waals surface area (Å²) in [6, 6.07) is -0.694. The molecule has 0 bridgehead atoms. The number of hydrogen-bond donors (Lipinski definition) is 1. The molecule has 2 nitrogen and oxygen atoms in total. The molecule has 0 aromatic heterocycles. The third-order valence-corrected chi connectivity index (χ3v) is 1.25. The maximum absolute atomic E-state index is 11.6. The van der Waals surface area contributed by atoms with Crippen molar-refractivity contribution in [1.29, 1.82) is 0 Å². The Morgan fingerprint density at radius 2 is 2.10 bits per heavy atom. The number of carbonyl (C=O) groups excluding carboxylic acids is 1. The fraction of sp³-hybridized carbons (Fsp3) is 0.833. The maximum atomic E-state index is 11.6. The zero-order valence-electron chi connectivity index (χ0n) is 6.03. The molecular weight excluding hydrogens is 140 g/mol. The Hall–Kier alpha value is -0.510. The van der Waals surface area contributed by atoms with E-state index in [0.717, 1.165) is 0 Å². The SMILES string of the molecule is CNC(CC(F)F)C(C)=O. The number of carbonyl (C=O) groups is 1. The monoisotopic (exact) mass is 151 g/mol. The van der Waals surface area contributed by atoms with E-state index in [0.29, 0.717) is 0 Å². The highest BCUT2D eigenvalue weighted by atomic mass is 19.3. The highest BCUT2D eigenvalue weighted by Gasteiger charge is 2.16. The van der Waals surface area contributed by atoms with E-state index in [9.17, 15) is 13.6 Å². The van der Waals surface area contributed by atoms with Crippen LogP contribution >= 0.6 is 0 Å². The van der Waals surface area contributed by atoms with E-state index in [4.69, 9.17) is 0 Å². The topological polar surface area (TPSA) is 29.1 Å². The van der Waals surface area contributed by atoms with Crippen LogP contribution in [0.5, 0.6) is 0 Å². The minimum absolute atomic E-state index is 0.247. The summed E-state index contributed by atoms with van der Waals surface area (Å²) in [7, 11) is 1.49. The molecule has 4 heteroatoms. The average molecular weight is 151 g/mol. The van der Waals surface area contributed by atoms with E-state index in [1.165, 1.54) is 14.0 Å². The lowest BCUT2D eigenvalue weighted by Gasteiger charge is -2.10. The van der Waals surface area contributed by atoms with Gasteiger partial charge in [-0.2, -0.15) is 0 Å². The van der Waals surface area contributed by atoms with Gasteiger partial charge in [-0.15, -0.1) is 0 Å². The molecule has 0 saturated carbocycles. The molecule has 60 valence electrons. The molecule has 0 rings (SSSR count). The molecule has 10 heavy (non-hydrogen) atoms. The molecule has 0 spiro atoms. The largest absolute Gasteiger partial charge is 0.310 e. The van der Waals surface area contributed by atoms with Gasteiger partial charge in [-0.1, -0.05) is 0 Å². The fourth-order valence-corrected chi connectivity index (χ4v) is 0.665. The minimum atomic E-state index is -2.42. The summed E-state index contributed by atoms with van der Waals surface area (Å²) in [6.07, 6.45) is -2.81. The number of likely N-dealkylation sites (N-methyl/N-ethyl adjacent to an activating group) is 1. The third-order valence-electron chi connectivity index (χ3n) is 1.25. The van der Waals surface area contributed by atoms with Gasteiger partial charge in [-0.25, -0.2) is 8.78 Å². The van der Waals surface area contributed by atoms with E-state index in [-0.39, 0.29) is 5.78 Å². The number of rotatable bonds is 4. The Bertz CT molecular complexity index is 116. The van der Waals surface area contributed by atoms with Crippen LogP contribution in [0, 0.1) is 0 Å². The molecule has 1 unspecified atom stereocenters. The first-order valence-electron chi connectivity index (χ1n) is 3.03. The zero-order valence-corrected chi connectivity index (χ0v) is 6.03. The minimum Gasteiger partial charge on any atom is -0.310 e. The second-order valence-corrected chi connectivity index (χ2v) is 2.08. The third kappa shape index (κ3) is 3.50. The molecule has 0 aliphatic rings. The van der Waals surface area contributed by atoms with Gasteiger partial charge < -0.3 is 5.32 Å². The summed E-state index contributed by atoms with van der Waals surface area (Å²) < 4.78 is 23.3. The highest BCUT2D eigenvalue weighted by Crippen LogP contribution is 2.03. The Morgan fingerprint density at radius 3 is 2.20 bits per heavy atom. The summed E-state index contributed by atoms with van der Waals surface area (Å²) >= 11 is 0. The number of nitrogens with one attached hydrogen (secondary N) is 1. The van der Waals surface area contributed by atoms with Crippen molar-refractivity contribution in [2.45, 2.75) is 25.8 Å². The van der Waals surface area contributed by atoms with Crippen molar-refractivity contribution in [3.63, 3.8) is 0 Å². The van der Waals surface area contributed by atoms with Gasteiger partial charge in [0.25, 0.3) is 0 Å². The smallest absolute Gasteiger partial charge is 0.240 e. The molecule has 0 aromatic rings. The van der Waals surface area contributed by atoms with E-state index < -0.39 is 18.9 Å². The van der Waals surface area contributed by atoms with Gasteiger partial charge >= 0.3 is 0 Å². The fourth-order valence-electron chi connectivity index (χ4n) is 0.665. The van der Waals surface area contributed by atoms with Gasteiger partial charge in [-0.3, -0.25) is 4.79 Å². The number of halogens is 2. The summed E-state index contributed by atoms with van der Waals surface area (Å²) in [4.78, 5) is 10.5. The number of Topliss-reactive ketones (excluding diaryl/α,β-unsaturated/α-hetero) is 1. The number of ketones is 1. The molecule has 1 atom stereocenters. The number of hydrogen-bond acceptors (Lipinski definition) is 2. The average Bonchev–Trinajstić information content (AvgIpc) is 1.81. The van der Waals surface area contributed by atoms with Gasteiger partial charge in [-0.05, 0) is 14.0 Å². The Kier molecular flexibility index (Phi) is 4.11. The summed E-state index contributed by atoms with van der Waals surface area (Å²) in [5, 5.41) is 2.50. The van der Waals surface area contributed by atoms with Gasteiger partial charge in [0.2, 0.25) is 6.43 Å². The molecular formula is C6H11F2NO. The first-order chi connectivity index (χ1) is 4.57. The van der Waals surface area contributed by atoms with E-state index >= 15 is 0 Å². The molecule has 0 fully saturated rings. The first kappa shape index (κ1) is 9.49. The Morgan fingerprint density at radius 1 is 1.60 bits per heavy atom. The van der Waals surface area contributed by atoms with Crippen molar-refractivity contribution in [3.05, 3.63) is 0 Å². The van der Waals surface area contributed by atoms with Gasteiger partial charge in [0, 0.05) is 6.42 Å². The summed E-state index contributed by atoms with van der Waals surface area (Å²) in [5.74, 6) is -0.247. The number of alkyl halides is 2. The van der Waals surface area contributed by atoms with E-state index in [1.807, 2.05) is 0 Å². The molecule has 1 N–H and O–H groups in total. The van der Waals surface area contributed by atoms with Crippen molar-refractivity contribution in [2.24, 2.45) is 0 Å². The predicted octanol–water partition coefficient (Wildman–Crippen LogP) is 0.819. The Balaban J connectivity index is 3.72. The molecule has 0 aliphatic heterocycles. The van der Waals surface area contributed by atoms with Crippen molar-refractivity contribution in [2.75, 3.05) is 7.05 Å². The molecule has 0 radical (unpaired) electrons. The van der Waals surface area contributed by atoms with Gasteiger partial charge in [0.15, 0.2) is 0 Å². The standard InChI is InChI=1S/C6H11F2NO/c1-4(10)5(9-2)3-6(7)8/h5-6,9H,3H2,1-2H3.